The van der Waals surface area contributed by atoms with Crippen molar-refractivity contribution >= 4 is 5.97 Å². The average molecular weight is 200 g/mol. The van der Waals surface area contributed by atoms with E-state index in [1.807, 2.05) is 6.92 Å². The molecular formula is C11H20O3. The Morgan fingerprint density at radius 1 is 1.21 bits per heavy atom. The molecule has 0 fully saturated rings. The topological polar surface area (TPSA) is 46.5 Å². The Labute approximate surface area is 85.7 Å². The molecule has 0 aromatic carbocycles. The highest BCUT2D eigenvalue weighted by molar-refractivity contribution is 5.68. The molecule has 0 unspecified atom stereocenters. The van der Waals surface area contributed by atoms with Crippen molar-refractivity contribution < 1.29 is 14.9 Å². The maximum Gasteiger partial charge on any atom is 0.342 e. The van der Waals surface area contributed by atoms with Crippen LogP contribution in [0.15, 0.2) is 12.2 Å². The molecular weight excluding hydrogens is 180 g/mol. The van der Waals surface area contributed by atoms with E-state index in [2.05, 4.69) is 17.0 Å². The van der Waals surface area contributed by atoms with E-state index >= 15 is 0 Å². The first-order valence-electron chi connectivity index (χ1n) is 5.26. The van der Waals surface area contributed by atoms with Gasteiger partial charge in [-0.2, -0.15) is 5.26 Å². The van der Waals surface area contributed by atoms with Gasteiger partial charge < -0.3 is 4.89 Å². The molecule has 0 atom stereocenters. The molecule has 14 heavy (non-hydrogen) atoms. The molecule has 0 aromatic heterocycles. The van der Waals surface area contributed by atoms with Gasteiger partial charge >= 0.3 is 5.97 Å². The molecule has 0 saturated carbocycles. The summed E-state index contributed by atoms with van der Waals surface area (Å²) in [4.78, 5) is 14.1. The fourth-order valence-electron chi connectivity index (χ4n) is 1.27. The van der Waals surface area contributed by atoms with E-state index < -0.39 is 5.97 Å². The van der Waals surface area contributed by atoms with Crippen LogP contribution in [0.25, 0.3) is 0 Å². The average Bonchev–Trinajstić information content (AvgIpc) is 2.21. The van der Waals surface area contributed by atoms with Crippen molar-refractivity contribution in [1.82, 2.24) is 0 Å². The lowest BCUT2D eigenvalue weighted by molar-refractivity contribution is -0.234. The third-order valence-corrected chi connectivity index (χ3v) is 2.09. The first kappa shape index (κ1) is 13.2. The van der Waals surface area contributed by atoms with Gasteiger partial charge in [0.2, 0.25) is 0 Å². The van der Waals surface area contributed by atoms with Crippen molar-refractivity contribution in [2.75, 3.05) is 0 Å². The summed E-state index contributed by atoms with van der Waals surface area (Å²) in [5.41, 5.74) is 0. The molecule has 0 bridgehead atoms. The second-order valence-electron chi connectivity index (χ2n) is 3.34. The van der Waals surface area contributed by atoms with Crippen molar-refractivity contribution in [1.29, 1.82) is 0 Å². The molecule has 0 aliphatic heterocycles. The number of hydrogen-bond acceptors (Lipinski definition) is 3. The minimum Gasteiger partial charge on any atom is -0.301 e. The van der Waals surface area contributed by atoms with Gasteiger partial charge in [-0.3, -0.25) is 0 Å². The highest BCUT2D eigenvalue weighted by Crippen LogP contribution is 2.07. The van der Waals surface area contributed by atoms with Crippen LogP contribution < -0.4 is 0 Å². The van der Waals surface area contributed by atoms with Gasteiger partial charge in [0.1, 0.15) is 0 Å². The van der Waals surface area contributed by atoms with Crippen LogP contribution in [-0.4, -0.2) is 11.2 Å². The normalized spacial score (nSPS) is 10.7. The Morgan fingerprint density at radius 3 is 2.50 bits per heavy atom. The fourth-order valence-corrected chi connectivity index (χ4v) is 1.27. The molecule has 3 nitrogen and oxygen atoms in total. The van der Waals surface area contributed by atoms with E-state index in [1.54, 1.807) is 0 Å². The van der Waals surface area contributed by atoms with Gasteiger partial charge in [0.15, 0.2) is 0 Å². The maximum atomic E-state index is 10.5. The molecule has 0 saturated heterocycles. The van der Waals surface area contributed by atoms with Crippen LogP contribution in [0, 0.1) is 0 Å². The largest absolute Gasteiger partial charge is 0.342 e. The standard InChI is InChI=1S/C11H20O3/c1-2-3-4-5-6-7-8-9-10-11(12)14-13/h2-3,13H,4-10H2,1H3. The van der Waals surface area contributed by atoms with E-state index in [0.29, 0.717) is 6.42 Å². The monoisotopic (exact) mass is 200 g/mol. The smallest absolute Gasteiger partial charge is 0.301 e. The quantitative estimate of drug-likeness (QED) is 0.283. The summed E-state index contributed by atoms with van der Waals surface area (Å²) in [6, 6.07) is 0. The van der Waals surface area contributed by atoms with Crippen LogP contribution in [0.5, 0.6) is 0 Å². The maximum absolute atomic E-state index is 10.5. The van der Waals surface area contributed by atoms with Gasteiger partial charge in [-0.25, -0.2) is 4.79 Å². The third kappa shape index (κ3) is 9.26. The molecule has 0 aromatic rings. The first-order valence-corrected chi connectivity index (χ1v) is 5.26. The van der Waals surface area contributed by atoms with Crippen LogP contribution in [0.3, 0.4) is 0 Å². The minimum atomic E-state index is -0.529. The van der Waals surface area contributed by atoms with Gasteiger partial charge in [-0.15, -0.1) is 0 Å². The Morgan fingerprint density at radius 2 is 1.86 bits per heavy atom. The molecule has 1 N–H and O–H groups in total. The number of rotatable bonds is 8. The predicted molar refractivity (Wildman–Crippen MR) is 55.9 cm³/mol. The molecule has 0 heterocycles. The zero-order valence-electron chi connectivity index (χ0n) is 8.87. The lowest BCUT2D eigenvalue weighted by Crippen LogP contribution is -1.99. The van der Waals surface area contributed by atoms with Gasteiger partial charge in [0.25, 0.3) is 0 Å². The first-order chi connectivity index (χ1) is 6.81. The van der Waals surface area contributed by atoms with Gasteiger partial charge in [-0.05, 0) is 26.2 Å². The van der Waals surface area contributed by atoms with Crippen LogP contribution in [-0.2, 0) is 9.68 Å². The summed E-state index contributed by atoms with van der Waals surface area (Å²) in [5, 5.41) is 7.98. The summed E-state index contributed by atoms with van der Waals surface area (Å²) < 4.78 is 0. The van der Waals surface area contributed by atoms with Crippen molar-refractivity contribution in [2.45, 2.75) is 51.9 Å². The molecule has 0 spiro atoms. The Balaban J connectivity index is 3.02. The zero-order valence-corrected chi connectivity index (χ0v) is 8.87. The second kappa shape index (κ2) is 10.3. The molecule has 3 heteroatoms. The third-order valence-electron chi connectivity index (χ3n) is 2.09. The number of allylic oxidation sites excluding steroid dienone is 2. The lowest BCUT2D eigenvalue weighted by Gasteiger charge is -1.98. The Kier molecular flexibility index (Phi) is 9.64. The lowest BCUT2D eigenvalue weighted by atomic mass is 10.1. The molecule has 0 aliphatic rings. The SMILES string of the molecule is CC=CCCCCCCCC(=O)OO. The number of carbonyl (C=O) groups excluding carboxylic acids is 1. The van der Waals surface area contributed by atoms with Crippen molar-refractivity contribution in [2.24, 2.45) is 0 Å². The van der Waals surface area contributed by atoms with Crippen molar-refractivity contribution in [3.05, 3.63) is 12.2 Å². The van der Waals surface area contributed by atoms with Gasteiger partial charge in [-0.1, -0.05) is 31.4 Å². The summed E-state index contributed by atoms with van der Waals surface area (Å²) in [6.07, 6.45) is 11.1. The van der Waals surface area contributed by atoms with Crippen molar-refractivity contribution in [3.63, 3.8) is 0 Å². The molecule has 82 valence electrons. The van der Waals surface area contributed by atoms with E-state index in [-0.39, 0.29) is 0 Å². The van der Waals surface area contributed by atoms with E-state index in [4.69, 9.17) is 5.26 Å². The van der Waals surface area contributed by atoms with E-state index in [0.717, 1.165) is 25.7 Å². The van der Waals surface area contributed by atoms with Crippen LogP contribution in [0.4, 0.5) is 0 Å². The fraction of sp³-hybridized carbons (Fsp3) is 0.727. The number of carbonyl (C=O) groups is 1. The highest BCUT2D eigenvalue weighted by atomic mass is 17.1. The van der Waals surface area contributed by atoms with Gasteiger partial charge in [0.05, 0.1) is 0 Å². The summed E-state index contributed by atoms with van der Waals surface area (Å²) in [5.74, 6) is -0.529. The van der Waals surface area contributed by atoms with E-state index in [9.17, 15) is 4.79 Å². The van der Waals surface area contributed by atoms with Crippen molar-refractivity contribution in [3.8, 4) is 0 Å². The van der Waals surface area contributed by atoms with Crippen LogP contribution >= 0.6 is 0 Å². The summed E-state index contributed by atoms with van der Waals surface area (Å²) >= 11 is 0. The molecule has 0 amide bonds. The second-order valence-corrected chi connectivity index (χ2v) is 3.34. The zero-order chi connectivity index (χ0) is 10.6. The van der Waals surface area contributed by atoms with Gasteiger partial charge in [0, 0.05) is 6.42 Å². The summed E-state index contributed by atoms with van der Waals surface area (Å²) in [6.45, 7) is 2.03. The number of unbranched alkanes of at least 4 members (excludes halogenated alkanes) is 5. The van der Waals surface area contributed by atoms with Crippen LogP contribution in [0.1, 0.15) is 51.9 Å². The predicted octanol–water partition coefficient (Wildman–Crippen LogP) is 3.31. The minimum absolute atomic E-state index is 0.325. The Hall–Kier alpha value is -0.830. The Bertz CT molecular complexity index is 164. The van der Waals surface area contributed by atoms with E-state index in [1.165, 1.54) is 12.8 Å². The number of hydrogen-bond donors (Lipinski definition) is 1. The van der Waals surface area contributed by atoms with Crippen LogP contribution in [0.2, 0.25) is 0 Å². The molecule has 0 radical (unpaired) electrons. The molecule has 0 aliphatic carbocycles. The molecule has 0 rings (SSSR count). The highest BCUT2D eigenvalue weighted by Gasteiger charge is 2.00. The summed E-state index contributed by atoms with van der Waals surface area (Å²) in [7, 11) is 0.